The van der Waals surface area contributed by atoms with Crippen molar-refractivity contribution in [2.45, 2.75) is 183 Å². The van der Waals surface area contributed by atoms with Gasteiger partial charge in [0.05, 0.1) is 19.6 Å². The van der Waals surface area contributed by atoms with Gasteiger partial charge in [-0.25, -0.2) is 4.98 Å². The number of H-pyrrole nitrogens is 1. The molecule has 0 aliphatic rings. The van der Waals surface area contributed by atoms with Crippen LogP contribution in [0, 0.1) is 6.92 Å². The topological polar surface area (TPSA) is 147 Å². The first-order chi connectivity index (χ1) is 27.8. The monoisotopic (exact) mass is 891 g/mol. The molecule has 0 saturated heterocycles. The molecule has 0 spiro atoms. The minimum Gasteiger partial charge on any atom is -0.357 e. The molecule has 0 radical (unpaired) electrons. The van der Waals surface area contributed by atoms with Crippen LogP contribution in [0.15, 0.2) is 86.8 Å². The van der Waals surface area contributed by atoms with Crippen molar-refractivity contribution < 1.29 is 4.68 Å². The Morgan fingerprint density at radius 2 is 0.935 bits per heavy atom. The number of nitrogens with zero attached hydrogens (tertiary/aromatic N) is 14. The molecule has 0 aliphatic heterocycles. The molecule has 0 aromatic carbocycles. The number of aromatic nitrogens is 15. The lowest BCUT2D eigenvalue weighted by atomic mass is 10.7. The maximum Gasteiger partial charge on any atom is 0.306 e. The van der Waals surface area contributed by atoms with Gasteiger partial charge in [0.2, 0.25) is 6.33 Å². The van der Waals surface area contributed by atoms with Crippen molar-refractivity contribution in [1.82, 2.24) is 69.2 Å². The Balaban J connectivity index is -0.0000000300. The number of nitrogens with one attached hydrogen (secondary N) is 1. The van der Waals surface area contributed by atoms with Crippen LogP contribution in [0.3, 0.4) is 0 Å². The van der Waals surface area contributed by atoms with E-state index < -0.39 is 0 Å². The summed E-state index contributed by atoms with van der Waals surface area (Å²) in [6, 6.07) is 5.89. The fourth-order valence-electron chi connectivity index (χ4n) is 2.03. The van der Waals surface area contributed by atoms with Crippen molar-refractivity contribution in [3.05, 3.63) is 92.6 Å². The van der Waals surface area contributed by atoms with E-state index in [1.165, 1.54) is 4.80 Å². The summed E-state index contributed by atoms with van der Waals surface area (Å²) in [5, 5.41) is 24.8. The first-order valence-electron chi connectivity index (χ1n) is 21.0. The minimum atomic E-state index is 0. The molecule has 1 N–H and O–H groups in total. The lowest BCUT2D eigenvalue weighted by molar-refractivity contribution is -0.728. The molecule has 0 fully saturated rings. The number of hydrogen-bond acceptors (Lipinski definition) is 8. The van der Waals surface area contributed by atoms with Gasteiger partial charge >= 0.3 is 6.33 Å². The molecule has 6 rings (SSSR count). The van der Waals surface area contributed by atoms with Crippen molar-refractivity contribution in [3.8, 4) is 0 Å². The summed E-state index contributed by atoms with van der Waals surface area (Å²) < 4.78 is 9.04. The zero-order chi connectivity index (χ0) is 47.3. The standard InChI is InChI=1S/C5H7N.2C4H6N2.C3H6N4.2C3H5N3.10C2H6.5CH4/c1-6-4-2-3-5-6;1-6-3-2-5-4-6;1-6-4-2-3-5-6;1-3-4-6-7(2)5-3;1-6-3-4-2-5-6;1-6-3-2-4-5-6;10*1-2;;;;;/h2-5H,1H3;2*2-4H,1H3;1-2H3;2*2-3H,1H3;10*1-2H3;5*1H4/p+1. The molecule has 0 atom stereocenters. The second kappa shape index (κ2) is 111. The smallest absolute Gasteiger partial charge is 0.306 e. The van der Waals surface area contributed by atoms with Gasteiger partial charge in [-0.1, -0.05) is 181 Å². The number of imidazole rings is 1. The zero-order valence-corrected chi connectivity index (χ0v) is 42.3. The predicted molar refractivity (Wildman–Crippen MR) is 283 cm³/mol. The molecular formula is C47H116N15+. The van der Waals surface area contributed by atoms with Crippen LogP contribution in [0.4, 0.5) is 0 Å². The average molecular weight is 892 g/mol. The van der Waals surface area contributed by atoms with Gasteiger partial charge in [-0.2, -0.15) is 19.7 Å². The highest BCUT2D eigenvalue weighted by Gasteiger charge is 1.85. The second-order valence-electron chi connectivity index (χ2n) is 7.29. The molecule has 378 valence electrons. The molecular weight excluding hydrogens is 775 g/mol. The summed E-state index contributed by atoms with van der Waals surface area (Å²) in [6.07, 6.45) is 19.8. The first kappa shape index (κ1) is 101. The average Bonchev–Trinajstić information content (AvgIpc) is 4.18. The van der Waals surface area contributed by atoms with Crippen LogP contribution in [0.1, 0.15) is 181 Å². The Labute approximate surface area is 390 Å². The van der Waals surface area contributed by atoms with E-state index in [2.05, 4.69) is 45.9 Å². The van der Waals surface area contributed by atoms with Gasteiger partial charge in [0.25, 0.3) is 0 Å². The second-order valence-corrected chi connectivity index (χ2v) is 7.29. The molecule has 0 aliphatic carbocycles. The highest BCUT2D eigenvalue weighted by Crippen LogP contribution is 1.80. The van der Waals surface area contributed by atoms with Crippen LogP contribution in [0.2, 0.25) is 0 Å². The van der Waals surface area contributed by atoms with E-state index in [4.69, 9.17) is 0 Å². The van der Waals surface area contributed by atoms with E-state index >= 15 is 0 Å². The molecule has 0 unspecified atom stereocenters. The fourth-order valence-corrected chi connectivity index (χ4v) is 2.03. The van der Waals surface area contributed by atoms with Crippen molar-refractivity contribution in [2.24, 2.45) is 42.3 Å². The maximum atomic E-state index is 3.83. The lowest BCUT2D eigenvalue weighted by Crippen LogP contribution is -2.27. The Morgan fingerprint density at radius 1 is 0.484 bits per heavy atom. The number of hydrogen-bond donors (Lipinski definition) is 1. The van der Waals surface area contributed by atoms with Gasteiger partial charge in [0.15, 0.2) is 5.82 Å². The van der Waals surface area contributed by atoms with Crippen molar-refractivity contribution >= 4 is 0 Å². The van der Waals surface area contributed by atoms with Crippen LogP contribution >= 0.6 is 0 Å². The van der Waals surface area contributed by atoms with Gasteiger partial charge in [-0.15, -0.1) is 15.3 Å². The third kappa shape index (κ3) is 105. The summed E-state index contributed by atoms with van der Waals surface area (Å²) in [5.41, 5.74) is 0. The molecule has 0 amide bonds. The van der Waals surface area contributed by atoms with Crippen LogP contribution in [-0.2, 0) is 42.3 Å². The van der Waals surface area contributed by atoms with Crippen molar-refractivity contribution in [3.63, 3.8) is 0 Å². The molecule has 6 heterocycles. The zero-order valence-electron chi connectivity index (χ0n) is 42.3. The van der Waals surface area contributed by atoms with Crippen molar-refractivity contribution in [2.75, 3.05) is 0 Å². The van der Waals surface area contributed by atoms with E-state index in [1.807, 2.05) is 226 Å². The summed E-state index contributed by atoms with van der Waals surface area (Å²) in [6.45, 7) is 41.8. The molecule has 6 aromatic heterocycles. The van der Waals surface area contributed by atoms with E-state index in [1.54, 1.807) is 71.8 Å². The molecule has 0 saturated carbocycles. The predicted octanol–water partition coefficient (Wildman–Crippen LogP) is 13.9. The maximum absolute atomic E-state index is 3.83. The third-order valence-corrected chi connectivity index (χ3v) is 3.75. The Hall–Kier alpha value is -4.95. The Bertz CT molecular complexity index is 1030. The quantitative estimate of drug-likeness (QED) is 0.148. The lowest BCUT2D eigenvalue weighted by Gasteiger charge is -1.79. The first-order valence-corrected chi connectivity index (χ1v) is 21.0. The third-order valence-electron chi connectivity index (χ3n) is 3.75. The number of tetrazole rings is 1. The Kier molecular flexibility index (Phi) is 182. The van der Waals surface area contributed by atoms with Crippen LogP contribution in [0.25, 0.3) is 0 Å². The Morgan fingerprint density at radius 3 is 1.03 bits per heavy atom. The van der Waals surface area contributed by atoms with Gasteiger partial charge in [-0.3, -0.25) is 9.36 Å². The minimum absolute atomic E-state index is 0. The van der Waals surface area contributed by atoms with E-state index in [9.17, 15) is 0 Å². The highest BCUT2D eigenvalue weighted by atomic mass is 15.6. The highest BCUT2D eigenvalue weighted by molar-refractivity contribution is 4.88. The summed E-state index contributed by atoms with van der Waals surface area (Å²) in [7, 11) is 11.3. The number of aryl methyl sites for hydroxylation is 7. The SMILES string of the molecule is C.C.C.C.C.CC.CC.CC.CC.CC.CC.CC.CC.CC.CC.C[n+]1cnc[nH]1.Cc1nnn(C)n1.Cn1cccc1.Cn1cccn1.Cn1ccnc1.Cn1ccnn1. The summed E-state index contributed by atoms with van der Waals surface area (Å²) in [4.78, 5) is 8.94. The van der Waals surface area contributed by atoms with Gasteiger partial charge in [0, 0.05) is 71.6 Å². The number of rotatable bonds is 0. The molecule has 15 nitrogen and oxygen atoms in total. The molecule has 62 heavy (non-hydrogen) atoms. The molecule has 0 bridgehead atoms. The molecule has 6 aromatic rings. The van der Waals surface area contributed by atoms with Crippen molar-refractivity contribution in [1.29, 1.82) is 0 Å². The summed E-state index contributed by atoms with van der Waals surface area (Å²) in [5.74, 6) is 0.711. The van der Waals surface area contributed by atoms with Gasteiger partial charge in [-0.05, 0) is 35.3 Å². The number of aromatic amines is 1. The van der Waals surface area contributed by atoms with E-state index in [0.717, 1.165) is 0 Å². The molecule has 15 heteroatoms. The largest absolute Gasteiger partial charge is 0.357 e. The van der Waals surface area contributed by atoms with Crippen LogP contribution in [-0.4, -0.2) is 69.2 Å². The normalized spacial score (nSPS) is 6.31. The fraction of sp³-hybridized carbons (Fsp3) is 0.681. The van der Waals surface area contributed by atoms with E-state index in [0.29, 0.717) is 5.82 Å². The van der Waals surface area contributed by atoms with Gasteiger partial charge in [0.1, 0.15) is 7.05 Å². The van der Waals surface area contributed by atoms with E-state index in [-0.39, 0.29) is 37.1 Å². The van der Waals surface area contributed by atoms with Gasteiger partial charge < -0.3 is 9.13 Å². The van der Waals surface area contributed by atoms with Crippen LogP contribution < -0.4 is 4.68 Å². The van der Waals surface area contributed by atoms with Crippen LogP contribution in [0.5, 0.6) is 0 Å². The summed E-state index contributed by atoms with van der Waals surface area (Å²) >= 11 is 0.